The SMILES string of the molecule is COc1ccc(S(=O)(=O)NC(C)CON)cc1C. The fraction of sp³-hybridized carbons (Fsp3) is 0.455. The molecule has 1 atom stereocenters. The molecule has 102 valence electrons. The molecule has 1 aromatic rings. The molecule has 0 saturated carbocycles. The number of aryl methyl sites for hydroxylation is 1. The van der Waals surface area contributed by atoms with E-state index >= 15 is 0 Å². The van der Waals surface area contributed by atoms with Crippen LogP contribution in [0.2, 0.25) is 0 Å². The van der Waals surface area contributed by atoms with Crippen molar-refractivity contribution in [1.82, 2.24) is 4.72 Å². The highest BCUT2D eigenvalue weighted by molar-refractivity contribution is 7.89. The Hall–Kier alpha value is -1.15. The van der Waals surface area contributed by atoms with E-state index in [0.29, 0.717) is 5.75 Å². The van der Waals surface area contributed by atoms with E-state index in [1.165, 1.54) is 13.2 Å². The number of methoxy groups -OCH3 is 1. The number of ether oxygens (including phenoxy) is 1. The summed E-state index contributed by atoms with van der Waals surface area (Å²) in [5.74, 6) is 5.54. The van der Waals surface area contributed by atoms with Gasteiger partial charge in [0, 0.05) is 6.04 Å². The normalized spacial score (nSPS) is 13.3. The van der Waals surface area contributed by atoms with Gasteiger partial charge in [0.2, 0.25) is 10.0 Å². The Labute approximate surface area is 107 Å². The molecular weight excluding hydrogens is 256 g/mol. The van der Waals surface area contributed by atoms with Crippen LogP contribution >= 0.6 is 0 Å². The summed E-state index contributed by atoms with van der Waals surface area (Å²) in [6, 6.07) is 4.26. The van der Waals surface area contributed by atoms with Gasteiger partial charge in [0.15, 0.2) is 0 Å². The summed E-state index contributed by atoms with van der Waals surface area (Å²) in [6.45, 7) is 3.55. The van der Waals surface area contributed by atoms with Crippen LogP contribution in [0.1, 0.15) is 12.5 Å². The average Bonchev–Trinajstić information content (AvgIpc) is 2.28. The number of hydrogen-bond donors (Lipinski definition) is 2. The van der Waals surface area contributed by atoms with E-state index in [-0.39, 0.29) is 11.5 Å². The van der Waals surface area contributed by atoms with E-state index in [1.807, 2.05) is 0 Å². The first-order chi connectivity index (χ1) is 8.40. The van der Waals surface area contributed by atoms with Gasteiger partial charge < -0.3 is 9.57 Å². The first kappa shape index (κ1) is 14.9. The van der Waals surface area contributed by atoms with Crippen molar-refractivity contribution in [1.29, 1.82) is 0 Å². The highest BCUT2D eigenvalue weighted by Gasteiger charge is 2.18. The van der Waals surface area contributed by atoms with Crippen LogP contribution in [0.3, 0.4) is 0 Å². The summed E-state index contributed by atoms with van der Waals surface area (Å²) in [5.41, 5.74) is 0.753. The minimum atomic E-state index is -3.57. The quantitative estimate of drug-likeness (QED) is 0.740. The van der Waals surface area contributed by atoms with Crippen molar-refractivity contribution in [3.05, 3.63) is 23.8 Å². The molecule has 0 saturated heterocycles. The van der Waals surface area contributed by atoms with Gasteiger partial charge in [-0.15, -0.1) is 0 Å². The molecule has 18 heavy (non-hydrogen) atoms. The number of nitrogens with one attached hydrogen (secondary N) is 1. The molecule has 0 fully saturated rings. The first-order valence-electron chi connectivity index (χ1n) is 5.39. The molecule has 0 radical (unpaired) electrons. The second-order valence-electron chi connectivity index (χ2n) is 3.99. The molecule has 0 amide bonds. The summed E-state index contributed by atoms with van der Waals surface area (Å²) in [6.07, 6.45) is 0. The van der Waals surface area contributed by atoms with Crippen molar-refractivity contribution < 1.29 is 18.0 Å². The lowest BCUT2D eigenvalue weighted by molar-refractivity contribution is 0.124. The van der Waals surface area contributed by atoms with Gasteiger partial charge in [0.1, 0.15) is 5.75 Å². The Bertz CT molecular complexity index is 502. The van der Waals surface area contributed by atoms with Crippen molar-refractivity contribution in [2.75, 3.05) is 13.7 Å². The minimum absolute atomic E-state index is 0.106. The Balaban J connectivity index is 2.95. The summed E-state index contributed by atoms with van der Waals surface area (Å²) in [7, 11) is -2.03. The molecule has 0 aliphatic carbocycles. The number of benzene rings is 1. The van der Waals surface area contributed by atoms with E-state index in [9.17, 15) is 8.42 Å². The smallest absolute Gasteiger partial charge is 0.240 e. The van der Waals surface area contributed by atoms with Crippen LogP contribution in [0.5, 0.6) is 5.75 Å². The second-order valence-corrected chi connectivity index (χ2v) is 5.70. The molecule has 0 heterocycles. The number of hydrogen-bond acceptors (Lipinski definition) is 5. The van der Waals surface area contributed by atoms with Crippen molar-refractivity contribution >= 4 is 10.0 Å². The molecule has 0 bridgehead atoms. The average molecular weight is 274 g/mol. The summed E-state index contributed by atoms with van der Waals surface area (Å²) >= 11 is 0. The fourth-order valence-corrected chi connectivity index (χ4v) is 2.84. The van der Waals surface area contributed by atoms with Gasteiger partial charge in [0.05, 0.1) is 18.6 Å². The lowest BCUT2D eigenvalue weighted by Gasteiger charge is -2.14. The van der Waals surface area contributed by atoms with Gasteiger partial charge in [0.25, 0.3) is 0 Å². The summed E-state index contributed by atoms with van der Waals surface area (Å²) in [5, 5.41) is 0. The topological polar surface area (TPSA) is 90.7 Å². The molecule has 1 aromatic carbocycles. The van der Waals surface area contributed by atoms with E-state index in [2.05, 4.69) is 9.56 Å². The molecule has 1 rings (SSSR count). The second kappa shape index (κ2) is 6.14. The predicted molar refractivity (Wildman–Crippen MR) is 67.7 cm³/mol. The van der Waals surface area contributed by atoms with Crippen molar-refractivity contribution in [3.63, 3.8) is 0 Å². The van der Waals surface area contributed by atoms with Crippen LogP contribution in [0.4, 0.5) is 0 Å². The highest BCUT2D eigenvalue weighted by atomic mass is 32.2. The van der Waals surface area contributed by atoms with Crippen LogP contribution < -0.4 is 15.4 Å². The Morgan fingerprint density at radius 1 is 1.44 bits per heavy atom. The van der Waals surface area contributed by atoms with Gasteiger partial charge in [-0.05, 0) is 37.6 Å². The highest BCUT2D eigenvalue weighted by Crippen LogP contribution is 2.21. The maximum atomic E-state index is 12.0. The van der Waals surface area contributed by atoms with Crippen molar-refractivity contribution in [2.24, 2.45) is 5.90 Å². The Kier molecular flexibility index (Phi) is 5.09. The minimum Gasteiger partial charge on any atom is -0.496 e. The number of nitrogens with two attached hydrogens (primary N) is 1. The molecule has 1 unspecified atom stereocenters. The predicted octanol–water partition coefficient (Wildman–Crippen LogP) is 0.561. The largest absolute Gasteiger partial charge is 0.496 e. The van der Waals surface area contributed by atoms with E-state index in [4.69, 9.17) is 10.6 Å². The Morgan fingerprint density at radius 3 is 2.61 bits per heavy atom. The van der Waals surface area contributed by atoms with Crippen LogP contribution in [0, 0.1) is 6.92 Å². The van der Waals surface area contributed by atoms with E-state index in [0.717, 1.165) is 5.56 Å². The van der Waals surface area contributed by atoms with Gasteiger partial charge in [-0.2, -0.15) is 0 Å². The maximum absolute atomic E-state index is 12.0. The molecular formula is C11H18N2O4S. The zero-order chi connectivity index (χ0) is 13.8. The Morgan fingerprint density at radius 2 is 2.11 bits per heavy atom. The standard InChI is InChI=1S/C11H18N2O4S/c1-8-6-10(4-5-11(8)16-3)18(14,15)13-9(2)7-17-12/h4-6,9,13H,7,12H2,1-3H3. The summed E-state index contributed by atoms with van der Waals surface area (Å²) in [4.78, 5) is 4.58. The van der Waals surface area contributed by atoms with E-state index in [1.54, 1.807) is 26.0 Å². The van der Waals surface area contributed by atoms with Crippen LogP contribution in [0.25, 0.3) is 0 Å². The molecule has 0 aromatic heterocycles. The molecule has 0 aliphatic heterocycles. The molecule has 6 nitrogen and oxygen atoms in total. The monoisotopic (exact) mass is 274 g/mol. The number of rotatable bonds is 6. The lowest BCUT2D eigenvalue weighted by Crippen LogP contribution is -2.36. The van der Waals surface area contributed by atoms with Crippen LogP contribution in [0.15, 0.2) is 23.1 Å². The fourth-order valence-electron chi connectivity index (χ4n) is 1.53. The van der Waals surface area contributed by atoms with Gasteiger partial charge in [-0.25, -0.2) is 19.0 Å². The van der Waals surface area contributed by atoms with E-state index < -0.39 is 16.1 Å². The molecule has 7 heteroatoms. The lowest BCUT2D eigenvalue weighted by atomic mass is 10.2. The first-order valence-corrected chi connectivity index (χ1v) is 6.87. The van der Waals surface area contributed by atoms with Gasteiger partial charge in [-0.1, -0.05) is 0 Å². The maximum Gasteiger partial charge on any atom is 0.240 e. The van der Waals surface area contributed by atoms with Crippen molar-refractivity contribution in [2.45, 2.75) is 24.8 Å². The third-order valence-electron chi connectivity index (χ3n) is 2.38. The number of sulfonamides is 1. The molecule has 0 spiro atoms. The van der Waals surface area contributed by atoms with Crippen LogP contribution in [-0.4, -0.2) is 28.2 Å². The van der Waals surface area contributed by atoms with Crippen LogP contribution in [-0.2, 0) is 14.9 Å². The summed E-state index contributed by atoms with van der Waals surface area (Å²) < 4.78 is 31.6. The van der Waals surface area contributed by atoms with Gasteiger partial charge in [-0.3, -0.25) is 0 Å². The third kappa shape index (κ3) is 3.67. The third-order valence-corrected chi connectivity index (χ3v) is 3.97. The molecule has 3 N–H and O–H groups in total. The zero-order valence-corrected chi connectivity index (χ0v) is 11.5. The van der Waals surface area contributed by atoms with Crippen molar-refractivity contribution in [3.8, 4) is 5.75 Å². The molecule has 0 aliphatic rings. The zero-order valence-electron chi connectivity index (χ0n) is 10.6. The van der Waals surface area contributed by atoms with Gasteiger partial charge >= 0.3 is 0 Å².